The molecule has 1 heterocycles. The number of amides is 1. The fraction of sp³-hybridized carbons (Fsp3) is 0.269. The minimum absolute atomic E-state index is 0.0572. The molecule has 0 bridgehead atoms. The number of fused-ring (bicyclic) bond motifs is 1. The zero-order chi connectivity index (χ0) is 20.1. The summed E-state index contributed by atoms with van der Waals surface area (Å²) in [5, 5.41) is 3.20. The predicted octanol–water partition coefficient (Wildman–Crippen LogP) is 4.89. The summed E-state index contributed by atoms with van der Waals surface area (Å²) >= 11 is 0. The van der Waals surface area contributed by atoms with Crippen molar-refractivity contribution in [3.05, 3.63) is 101 Å². The first-order valence-electron chi connectivity index (χ1n) is 10.3. The van der Waals surface area contributed by atoms with Gasteiger partial charge in [0, 0.05) is 24.8 Å². The summed E-state index contributed by atoms with van der Waals surface area (Å²) in [7, 11) is 0. The van der Waals surface area contributed by atoms with Gasteiger partial charge in [0.1, 0.15) is 5.75 Å². The lowest BCUT2D eigenvalue weighted by Gasteiger charge is -2.20. The third-order valence-corrected chi connectivity index (χ3v) is 5.50. The number of carbonyl (C=O) groups excluding carboxylic acids is 1. The molecule has 0 aliphatic carbocycles. The van der Waals surface area contributed by atoms with Crippen LogP contribution in [0, 0.1) is 0 Å². The molecule has 0 saturated heterocycles. The Morgan fingerprint density at radius 2 is 1.62 bits per heavy atom. The van der Waals surface area contributed by atoms with Gasteiger partial charge in [-0.1, -0.05) is 72.8 Å². The van der Waals surface area contributed by atoms with Crippen LogP contribution in [0.1, 0.15) is 41.5 Å². The Morgan fingerprint density at radius 3 is 2.28 bits per heavy atom. The lowest BCUT2D eigenvalue weighted by molar-refractivity contribution is -0.121. The van der Waals surface area contributed by atoms with Crippen LogP contribution in [-0.4, -0.2) is 18.6 Å². The second kappa shape index (κ2) is 8.95. The Labute approximate surface area is 172 Å². The Kier molecular flexibility index (Phi) is 5.95. The SMILES string of the molecule is CC(Cc1ccc2c(c1)CCO2)NC(=O)CC(c1ccccc1)c1ccccc1. The van der Waals surface area contributed by atoms with Crippen molar-refractivity contribution in [2.75, 3.05) is 6.61 Å². The Bertz CT molecular complexity index is 913. The van der Waals surface area contributed by atoms with Gasteiger partial charge in [-0.25, -0.2) is 0 Å². The van der Waals surface area contributed by atoms with E-state index in [9.17, 15) is 4.79 Å². The molecule has 3 nitrogen and oxygen atoms in total. The monoisotopic (exact) mass is 385 g/mol. The Morgan fingerprint density at radius 1 is 0.966 bits per heavy atom. The van der Waals surface area contributed by atoms with Crippen molar-refractivity contribution in [1.29, 1.82) is 0 Å². The van der Waals surface area contributed by atoms with Crippen LogP contribution >= 0.6 is 0 Å². The molecular weight excluding hydrogens is 358 g/mol. The highest BCUT2D eigenvalue weighted by atomic mass is 16.5. The number of nitrogens with one attached hydrogen (secondary N) is 1. The largest absolute Gasteiger partial charge is 0.493 e. The van der Waals surface area contributed by atoms with Crippen molar-refractivity contribution in [2.45, 2.75) is 38.1 Å². The fourth-order valence-electron chi connectivity index (χ4n) is 4.09. The van der Waals surface area contributed by atoms with Gasteiger partial charge in [0.05, 0.1) is 6.61 Å². The van der Waals surface area contributed by atoms with Crippen molar-refractivity contribution in [3.63, 3.8) is 0 Å². The average Bonchev–Trinajstić information content (AvgIpc) is 3.21. The van der Waals surface area contributed by atoms with Crippen LogP contribution in [0.2, 0.25) is 0 Å². The first-order valence-corrected chi connectivity index (χ1v) is 10.3. The van der Waals surface area contributed by atoms with Crippen molar-refractivity contribution >= 4 is 5.91 Å². The Balaban J connectivity index is 1.41. The molecule has 0 spiro atoms. The minimum atomic E-state index is 0.0572. The lowest BCUT2D eigenvalue weighted by Crippen LogP contribution is -2.35. The lowest BCUT2D eigenvalue weighted by atomic mass is 9.88. The van der Waals surface area contributed by atoms with E-state index >= 15 is 0 Å². The second-order valence-corrected chi connectivity index (χ2v) is 7.79. The highest BCUT2D eigenvalue weighted by Crippen LogP contribution is 2.28. The van der Waals surface area contributed by atoms with Crippen LogP contribution in [0.4, 0.5) is 0 Å². The molecule has 148 valence electrons. The number of hydrogen-bond acceptors (Lipinski definition) is 2. The maximum Gasteiger partial charge on any atom is 0.221 e. The van der Waals surface area contributed by atoms with Crippen molar-refractivity contribution in [2.24, 2.45) is 0 Å². The number of hydrogen-bond donors (Lipinski definition) is 1. The number of ether oxygens (including phenoxy) is 1. The zero-order valence-electron chi connectivity index (χ0n) is 16.8. The molecule has 1 N–H and O–H groups in total. The first-order chi connectivity index (χ1) is 14.2. The standard InChI is InChI=1S/C26H27NO2/c1-19(16-20-12-13-25-23(17-20)14-15-29-25)27-26(28)18-24(21-8-4-2-5-9-21)22-10-6-3-7-11-22/h2-13,17,19,24H,14-16,18H2,1H3,(H,27,28). The maximum absolute atomic E-state index is 12.9. The highest BCUT2D eigenvalue weighted by Gasteiger charge is 2.19. The molecule has 0 radical (unpaired) electrons. The maximum atomic E-state index is 12.9. The van der Waals surface area contributed by atoms with E-state index in [0.29, 0.717) is 6.42 Å². The molecule has 1 aliphatic heterocycles. The molecule has 4 rings (SSSR count). The molecule has 0 saturated carbocycles. The van der Waals surface area contributed by atoms with Crippen molar-refractivity contribution in [1.82, 2.24) is 5.32 Å². The van der Waals surface area contributed by atoms with Crippen LogP contribution in [0.25, 0.3) is 0 Å². The summed E-state index contributed by atoms with van der Waals surface area (Å²) in [6.07, 6.45) is 2.23. The smallest absolute Gasteiger partial charge is 0.221 e. The van der Waals surface area contributed by atoms with Gasteiger partial charge in [-0.3, -0.25) is 4.79 Å². The predicted molar refractivity (Wildman–Crippen MR) is 116 cm³/mol. The van der Waals surface area contributed by atoms with Gasteiger partial charge in [0.25, 0.3) is 0 Å². The molecule has 3 heteroatoms. The number of carbonyl (C=O) groups is 1. The van der Waals surface area contributed by atoms with Crippen molar-refractivity contribution in [3.8, 4) is 5.75 Å². The summed E-state index contributed by atoms with van der Waals surface area (Å²) in [5.41, 5.74) is 4.85. The molecule has 29 heavy (non-hydrogen) atoms. The molecule has 3 aromatic carbocycles. The fourth-order valence-corrected chi connectivity index (χ4v) is 4.09. The molecule has 1 aliphatic rings. The van der Waals surface area contributed by atoms with E-state index in [4.69, 9.17) is 4.74 Å². The van der Waals surface area contributed by atoms with Crippen LogP contribution in [0.15, 0.2) is 78.9 Å². The van der Waals surface area contributed by atoms with Crippen molar-refractivity contribution < 1.29 is 9.53 Å². The van der Waals surface area contributed by atoms with Gasteiger partial charge in [-0.2, -0.15) is 0 Å². The third-order valence-electron chi connectivity index (χ3n) is 5.50. The van der Waals surface area contributed by atoms with E-state index in [-0.39, 0.29) is 17.9 Å². The van der Waals surface area contributed by atoms with Crippen LogP contribution < -0.4 is 10.1 Å². The van der Waals surface area contributed by atoms with E-state index in [2.05, 4.69) is 48.6 Å². The van der Waals surface area contributed by atoms with E-state index in [1.165, 1.54) is 22.3 Å². The first kappa shape index (κ1) is 19.3. The summed E-state index contributed by atoms with van der Waals surface area (Å²) in [6.45, 7) is 2.84. The minimum Gasteiger partial charge on any atom is -0.493 e. The molecule has 1 unspecified atom stereocenters. The summed E-state index contributed by atoms with van der Waals surface area (Å²) in [6, 6.07) is 27.0. The molecule has 1 amide bonds. The second-order valence-electron chi connectivity index (χ2n) is 7.79. The zero-order valence-corrected chi connectivity index (χ0v) is 16.8. The van der Waals surface area contributed by atoms with E-state index in [0.717, 1.165) is 25.2 Å². The van der Waals surface area contributed by atoms with Gasteiger partial charge in [0.2, 0.25) is 5.91 Å². The van der Waals surface area contributed by atoms with Crippen LogP contribution in [0.5, 0.6) is 5.75 Å². The van der Waals surface area contributed by atoms with E-state index < -0.39 is 0 Å². The Hall–Kier alpha value is -3.07. The molecule has 0 aromatic heterocycles. The van der Waals surface area contributed by atoms with Gasteiger partial charge >= 0.3 is 0 Å². The summed E-state index contributed by atoms with van der Waals surface area (Å²) in [4.78, 5) is 12.9. The van der Waals surface area contributed by atoms with E-state index in [1.54, 1.807) is 0 Å². The van der Waals surface area contributed by atoms with Gasteiger partial charge in [-0.15, -0.1) is 0 Å². The van der Waals surface area contributed by atoms with Crippen LogP contribution in [0.3, 0.4) is 0 Å². The van der Waals surface area contributed by atoms with Gasteiger partial charge < -0.3 is 10.1 Å². The van der Waals surface area contributed by atoms with E-state index in [1.807, 2.05) is 42.5 Å². The molecule has 1 atom stereocenters. The third kappa shape index (κ3) is 4.86. The molecule has 0 fully saturated rings. The van der Waals surface area contributed by atoms with Gasteiger partial charge in [-0.05, 0) is 41.7 Å². The van der Waals surface area contributed by atoms with Crippen LogP contribution in [-0.2, 0) is 17.6 Å². The number of benzene rings is 3. The summed E-state index contributed by atoms with van der Waals surface area (Å²) < 4.78 is 5.58. The topological polar surface area (TPSA) is 38.3 Å². The molecule has 3 aromatic rings. The highest BCUT2D eigenvalue weighted by molar-refractivity contribution is 5.78. The van der Waals surface area contributed by atoms with Gasteiger partial charge in [0.15, 0.2) is 0 Å². The normalized spacial score (nSPS) is 13.6. The quantitative estimate of drug-likeness (QED) is 0.629. The molecular formula is C26H27NO2. The number of rotatable bonds is 7. The average molecular weight is 386 g/mol. The summed E-state index contributed by atoms with van der Waals surface area (Å²) in [5.74, 6) is 1.14.